The number of rotatable bonds is 6. The first-order chi connectivity index (χ1) is 13.0. The average molecular weight is 368 g/mol. The van der Waals surface area contributed by atoms with Gasteiger partial charge in [0.25, 0.3) is 5.91 Å². The van der Waals surface area contributed by atoms with Crippen LogP contribution in [0.2, 0.25) is 0 Å². The Morgan fingerprint density at radius 1 is 1.26 bits per heavy atom. The zero-order chi connectivity index (χ0) is 19.6. The number of ether oxygens (including phenoxy) is 2. The molecule has 0 radical (unpaired) electrons. The van der Waals surface area contributed by atoms with Crippen LogP contribution in [0, 0.1) is 0 Å². The van der Waals surface area contributed by atoms with Crippen LogP contribution < -0.4 is 9.47 Å². The second-order valence-electron chi connectivity index (χ2n) is 6.12. The Morgan fingerprint density at radius 3 is 2.63 bits per heavy atom. The Balaban J connectivity index is 2.14. The maximum Gasteiger partial charge on any atom is 0.290 e. The summed E-state index contributed by atoms with van der Waals surface area (Å²) in [5, 5.41) is 10.4. The topological polar surface area (TPSA) is 89.0 Å². The van der Waals surface area contributed by atoms with Gasteiger partial charge in [-0.2, -0.15) is 0 Å². The normalized spacial score (nSPS) is 16.6. The van der Waals surface area contributed by atoms with Gasteiger partial charge < -0.3 is 19.5 Å². The van der Waals surface area contributed by atoms with Crippen molar-refractivity contribution in [2.45, 2.75) is 19.5 Å². The Bertz CT molecular complexity index is 908. The van der Waals surface area contributed by atoms with Gasteiger partial charge in [-0.25, -0.2) is 0 Å². The smallest absolute Gasteiger partial charge is 0.290 e. The summed E-state index contributed by atoms with van der Waals surface area (Å²) < 4.78 is 10.7. The highest BCUT2D eigenvalue weighted by molar-refractivity contribution is 6.08. The molecule has 0 saturated carbocycles. The molecule has 2 heterocycles. The highest BCUT2D eigenvalue weighted by Crippen LogP contribution is 2.43. The van der Waals surface area contributed by atoms with Crippen LogP contribution >= 0.6 is 0 Å². The number of methoxy groups -OCH3 is 2. The van der Waals surface area contributed by atoms with Gasteiger partial charge in [0.1, 0.15) is 11.5 Å². The number of hydrogen-bond acceptors (Lipinski definition) is 6. The molecular weight excluding hydrogens is 348 g/mol. The van der Waals surface area contributed by atoms with Crippen LogP contribution in [0.3, 0.4) is 0 Å². The Kier molecular flexibility index (Phi) is 5.12. The monoisotopic (exact) mass is 368 g/mol. The summed E-state index contributed by atoms with van der Waals surface area (Å²) in [4.78, 5) is 30.5. The first kappa shape index (κ1) is 18.4. The molecule has 0 unspecified atom stereocenters. The minimum absolute atomic E-state index is 0.0374. The molecule has 3 rings (SSSR count). The lowest BCUT2D eigenvalue weighted by molar-refractivity contribution is -0.130. The number of carbonyl (C=O) groups is 2. The number of aliphatic hydroxyl groups is 1. The van der Waals surface area contributed by atoms with Gasteiger partial charge in [0.2, 0.25) is 0 Å². The molecule has 27 heavy (non-hydrogen) atoms. The largest absolute Gasteiger partial charge is 0.503 e. The minimum atomic E-state index is -0.791. The highest BCUT2D eigenvalue weighted by Gasteiger charge is 2.43. The van der Waals surface area contributed by atoms with E-state index < -0.39 is 17.7 Å². The Hall–Kier alpha value is -3.35. The van der Waals surface area contributed by atoms with Crippen LogP contribution in [0.1, 0.15) is 24.1 Å². The second-order valence-corrected chi connectivity index (χ2v) is 6.12. The molecule has 1 amide bonds. The second kappa shape index (κ2) is 7.49. The molecule has 1 aliphatic rings. The van der Waals surface area contributed by atoms with E-state index in [0.29, 0.717) is 17.1 Å². The lowest BCUT2D eigenvalue weighted by atomic mass is 9.95. The van der Waals surface area contributed by atoms with E-state index in [1.165, 1.54) is 26.0 Å². The number of carbonyl (C=O) groups excluding carboxylic acids is 2. The minimum Gasteiger partial charge on any atom is -0.503 e. The molecule has 0 spiro atoms. The average Bonchev–Trinajstić information content (AvgIpc) is 2.93. The zero-order valence-electron chi connectivity index (χ0n) is 15.3. The zero-order valence-corrected chi connectivity index (χ0v) is 15.3. The lowest BCUT2D eigenvalue weighted by Crippen LogP contribution is -2.30. The molecule has 1 aliphatic heterocycles. The van der Waals surface area contributed by atoms with Gasteiger partial charge in [0.15, 0.2) is 11.5 Å². The van der Waals surface area contributed by atoms with Gasteiger partial charge in [-0.1, -0.05) is 6.07 Å². The summed E-state index contributed by atoms with van der Waals surface area (Å²) in [5.41, 5.74) is 1.37. The first-order valence-electron chi connectivity index (χ1n) is 8.33. The SMILES string of the molecule is COc1ccc(OC)c([C@@H]2C(C(C)=O)=C(O)C(=O)N2Cc2cccnc2)c1. The molecule has 1 atom stereocenters. The van der Waals surface area contributed by atoms with Gasteiger partial charge >= 0.3 is 0 Å². The predicted molar refractivity (Wildman–Crippen MR) is 97.4 cm³/mol. The van der Waals surface area contributed by atoms with Gasteiger partial charge in [0.05, 0.1) is 25.8 Å². The number of benzene rings is 1. The van der Waals surface area contributed by atoms with E-state index >= 15 is 0 Å². The van der Waals surface area contributed by atoms with Crippen LogP contribution in [0.4, 0.5) is 0 Å². The Labute approximate surface area is 156 Å². The van der Waals surface area contributed by atoms with Crippen LogP contribution in [-0.2, 0) is 16.1 Å². The summed E-state index contributed by atoms with van der Waals surface area (Å²) in [5.74, 6) is -0.503. The van der Waals surface area contributed by atoms with E-state index in [-0.39, 0.29) is 17.9 Å². The van der Waals surface area contributed by atoms with Crippen LogP contribution in [0.25, 0.3) is 0 Å². The van der Waals surface area contributed by atoms with E-state index in [1.807, 2.05) is 6.07 Å². The van der Waals surface area contributed by atoms with Gasteiger partial charge in [-0.15, -0.1) is 0 Å². The van der Waals surface area contributed by atoms with Crippen molar-refractivity contribution in [3.05, 3.63) is 65.2 Å². The van der Waals surface area contributed by atoms with Crippen LogP contribution in [0.5, 0.6) is 11.5 Å². The van der Waals surface area contributed by atoms with Crippen molar-refractivity contribution in [2.75, 3.05) is 14.2 Å². The van der Waals surface area contributed by atoms with E-state index in [0.717, 1.165) is 5.56 Å². The standard InChI is InChI=1S/C20H20N2O5/c1-12(23)17-18(15-9-14(26-2)6-7-16(15)27-3)22(20(25)19(17)24)11-13-5-4-8-21-10-13/h4-10,18,24H,11H2,1-3H3/t18-/m1/s1. The summed E-state index contributed by atoms with van der Waals surface area (Å²) in [6.45, 7) is 1.50. The van der Waals surface area contributed by atoms with Gasteiger partial charge in [0, 0.05) is 24.5 Å². The molecule has 1 N–H and O–H groups in total. The fourth-order valence-corrected chi connectivity index (χ4v) is 3.24. The quantitative estimate of drug-likeness (QED) is 0.843. The van der Waals surface area contributed by atoms with Crippen molar-refractivity contribution in [1.82, 2.24) is 9.88 Å². The number of ketones is 1. The molecule has 2 aromatic rings. The highest BCUT2D eigenvalue weighted by atomic mass is 16.5. The van der Waals surface area contributed by atoms with Crippen molar-refractivity contribution in [2.24, 2.45) is 0 Å². The predicted octanol–water partition coefficient (Wildman–Crippen LogP) is 2.58. The van der Waals surface area contributed by atoms with Crippen molar-refractivity contribution >= 4 is 11.7 Å². The Morgan fingerprint density at radius 2 is 2.04 bits per heavy atom. The summed E-state index contributed by atoms with van der Waals surface area (Å²) >= 11 is 0. The number of pyridine rings is 1. The molecule has 0 fully saturated rings. The van der Waals surface area contributed by atoms with Crippen LogP contribution in [-0.4, -0.2) is 40.9 Å². The van der Waals surface area contributed by atoms with E-state index in [2.05, 4.69) is 4.98 Å². The van der Waals surface area contributed by atoms with Crippen molar-refractivity contribution in [3.63, 3.8) is 0 Å². The molecule has 7 heteroatoms. The lowest BCUT2D eigenvalue weighted by Gasteiger charge is -2.28. The summed E-state index contributed by atoms with van der Waals surface area (Å²) in [6.07, 6.45) is 3.27. The molecule has 140 valence electrons. The van der Waals surface area contributed by atoms with Crippen molar-refractivity contribution < 1.29 is 24.2 Å². The van der Waals surface area contributed by atoms with Crippen molar-refractivity contribution in [1.29, 1.82) is 0 Å². The summed E-state index contributed by atoms with van der Waals surface area (Å²) in [6, 6.07) is 7.92. The number of Topliss-reactive ketones (excluding diaryl/α,β-unsaturated/α-hetero) is 1. The van der Waals surface area contributed by atoms with Crippen molar-refractivity contribution in [3.8, 4) is 11.5 Å². The first-order valence-corrected chi connectivity index (χ1v) is 8.33. The maximum absolute atomic E-state index is 12.7. The number of aliphatic hydroxyl groups excluding tert-OH is 1. The number of hydrogen-bond donors (Lipinski definition) is 1. The number of nitrogens with zero attached hydrogens (tertiary/aromatic N) is 2. The van der Waals surface area contributed by atoms with E-state index in [4.69, 9.17) is 9.47 Å². The molecule has 0 bridgehead atoms. The third kappa shape index (κ3) is 3.36. The van der Waals surface area contributed by atoms with E-state index in [9.17, 15) is 14.7 Å². The maximum atomic E-state index is 12.7. The van der Waals surface area contributed by atoms with Crippen LogP contribution in [0.15, 0.2) is 54.1 Å². The third-order valence-corrected chi connectivity index (χ3v) is 4.49. The number of aromatic nitrogens is 1. The van der Waals surface area contributed by atoms with Gasteiger partial charge in [-0.05, 0) is 36.8 Å². The molecule has 0 saturated heterocycles. The van der Waals surface area contributed by atoms with E-state index in [1.54, 1.807) is 36.7 Å². The fourth-order valence-electron chi connectivity index (χ4n) is 3.24. The molecule has 1 aromatic heterocycles. The third-order valence-electron chi connectivity index (χ3n) is 4.49. The molecule has 7 nitrogen and oxygen atoms in total. The molecule has 0 aliphatic carbocycles. The molecule has 1 aromatic carbocycles. The molecular formula is C20H20N2O5. The fraction of sp³-hybridized carbons (Fsp3) is 0.250. The summed E-state index contributed by atoms with van der Waals surface area (Å²) in [7, 11) is 3.03. The van der Waals surface area contributed by atoms with Gasteiger partial charge in [-0.3, -0.25) is 14.6 Å². The number of amides is 1.